The minimum absolute atomic E-state index is 0.0139. The Kier molecular flexibility index (Phi) is 8.68. The molecule has 3 N–H and O–H groups in total. The van der Waals surface area contributed by atoms with E-state index >= 15 is 0 Å². The molecule has 0 radical (unpaired) electrons. The molecule has 5 atom stereocenters. The van der Waals surface area contributed by atoms with E-state index in [2.05, 4.69) is 25.3 Å². The minimum Gasteiger partial charge on any atom is -0.339 e. The molecular weight excluding hydrogens is 560 g/mol. The number of nitrogens with one attached hydrogen (secondary N) is 3. The van der Waals surface area contributed by atoms with Crippen molar-refractivity contribution in [2.75, 3.05) is 6.54 Å². The van der Waals surface area contributed by atoms with Gasteiger partial charge in [-0.25, -0.2) is 13.4 Å². The van der Waals surface area contributed by atoms with Gasteiger partial charge in [0, 0.05) is 18.7 Å². The van der Waals surface area contributed by atoms with Gasteiger partial charge >= 0.3 is 0 Å². The zero-order valence-electron chi connectivity index (χ0n) is 24.2. The Morgan fingerprint density at radius 1 is 1.07 bits per heavy atom. The van der Waals surface area contributed by atoms with Crippen LogP contribution in [0.3, 0.4) is 0 Å². The standard InChI is InChI=1S/C29H40N6O6S/c1-18-14-24-26(37)33-29(28(39)34-42(40,41)21-10-11-21)13-12-20(29)8-6-4-3-5-7-9-22(27(38)35(24)17-18)32-25(36)23-16-30-19(2)15-31-23/h6,8,15-16,18,20-22,24H,3-5,7,9-14,17H2,1-2H3,(H,32,36)(H,33,37)(H,34,39). The minimum atomic E-state index is -3.82. The second-order valence-corrected chi connectivity index (χ2v) is 14.2. The fraction of sp³-hybridized carbons (Fsp3) is 0.655. The van der Waals surface area contributed by atoms with E-state index in [9.17, 15) is 27.6 Å². The summed E-state index contributed by atoms with van der Waals surface area (Å²) >= 11 is 0. The molecule has 12 nitrogen and oxygen atoms in total. The normalized spacial score (nSPS) is 30.6. The lowest BCUT2D eigenvalue weighted by Crippen LogP contribution is -2.70. The third-order valence-electron chi connectivity index (χ3n) is 8.88. The van der Waals surface area contributed by atoms with Gasteiger partial charge in [-0.05, 0) is 64.2 Å². The quantitative estimate of drug-likeness (QED) is 0.428. The van der Waals surface area contributed by atoms with Gasteiger partial charge in [0.25, 0.3) is 11.8 Å². The van der Waals surface area contributed by atoms with Crippen molar-refractivity contribution in [2.24, 2.45) is 11.8 Å². The average molecular weight is 601 g/mol. The number of nitrogens with zero attached hydrogens (tertiary/aromatic N) is 3. The third-order valence-corrected chi connectivity index (χ3v) is 10.7. The Labute approximate surface area is 246 Å². The van der Waals surface area contributed by atoms with Crippen LogP contribution in [0.25, 0.3) is 0 Å². The molecule has 2 aliphatic carbocycles. The van der Waals surface area contributed by atoms with Crippen LogP contribution < -0.4 is 15.4 Å². The van der Waals surface area contributed by atoms with Crippen LogP contribution in [0, 0.1) is 18.8 Å². The first kappa shape index (κ1) is 30.1. The molecule has 5 unspecified atom stereocenters. The van der Waals surface area contributed by atoms with E-state index in [1.54, 1.807) is 6.92 Å². The van der Waals surface area contributed by atoms with Crippen molar-refractivity contribution in [1.82, 2.24) is 30.2 Å². The first-order chi connectivity index (χ1) is 20.0. The number of fused-ring (bicyclic) bond motifs is 2. The number of aromatic nitrogens is 2. The average Bonchev–Trinajstić information content (AvgIpc) is 3.73. The lowest BCUT2D eigenvalue weighted by atomic mass is 9.65. The number of sulfonamides is 1. The maximum atomic E-state index is 13.9. The molecule has 42 heavy (non-hydrogen) atoms. The number of carbonyl (C=O) groups is 4. The molecule has 1 aromatic heterocycles. The SMILES string of the molecule is Cc1cnc(C(=O)NC2CCCCCC=CC3CCC3(C(=O)NS(=O)(=O)C3CC3)NC(=O)C3CC(C)CN3C2=O)cn1. The molecule has 13 heteroatoms. The van der Waals surface area contributed by atoms with Gasteiger partial charge in [0.15, 0.2) is 0 Å². The van der Waals surface area contributed by atoms with Crippen molar-refractivity contribution < 1.29 is 27.6 Å². The van der Waals surface area contributed by atoms with E-state index in [0.29, 0.717) is 57.2 Å². The summed E-state index contributed by atoms with van der Waals surface area (Å²) < 4.78 is 27.6. The van der Waals surface area contributed by atoms with Crippen LogP contribution in [-0.4, -0.2) is 76.3 Å². The molecule has 0 spiro atoms. The van der Waals surface area contributed by atoms with E-state index in [-0.39, 0.29) is 23.4 Å². The van der Waals surface area contributed by atoms with E-state index < -0.39 is 50.6 Å². The van der Waals surface area contributed by atoms with Crippen molar-refractivity contribution in [3.05, 3.63) is 35.9 Å². The van der Waals surface area contributed by atoms with Crippen molar-refractivity contribution in [2.45, 2.75) is 101 Å². The Morgan fingerprint density at radius 2 is 1.86 bits per heavy atom. The van der Waals surface area contributed by atoms with Crippen molar-refractivity contribution in [3.63, 3.8) is 0 Å². The first-order valence-corrected chi connectivity index (χ1v) is 16.5. The Morgan fingerprint density at radius 3 is 2.52 bits per heavy atom. The fourth-order valence-corrected chi connectivity index (χ4v) is 7.49. The number of carbonyl (C=O) groups excluding carboxylic acids is 4. The van der Waals surface area contributed by atoms with Gasteiger partial charge in [-0.1, -0.05) is 31.9 Å². The molecule has 0 aromatic carbocycles. The van der Waals surface area contributed by atoms with Crippen LogP contribution in [0.1, 0.15) is 87.3 Å². The highest BCUT2D eigenvalue weighted by Gasteiger charge is 2.55. The van der Waals surface area contributed by atoms with Crippen LogP contribution in [0.5, 0.6) is 0 Å². The zero-order valence-corrected chi connectivity index (χ0v) is 25.0. The number of amides is 4. The third kappa shape index (κ3) is 6.35. The van der Waals surface area contributed by atoms with E-state index in [1.165, 1.54) is 17.3 Å². The van der Waals surface area contributed by atoms with Gasteiger partial charge in [0.2, 0.25) is 21.8 Å². The molecule has 0 bridgehead atoms. The molecule has 228 valence electrons. The molecule has 1 saturated heterocycles. The lowest BCUT2D eigenvalue weighted by Gasteiger charge is -2.47. The molecule has 4 amide bonds. The highest BCUT2D eigenvalue weighted by Crippen LogP contribution is 2.41. The van der Waals surface area contributed by atoms with Gasteiger partial charge in [-0.3, -0.25) is 28.9 Å². The largest absolute Gasteiger partial charge is 0.339 e. The number of allylic oxidation sites excluding steroid dienone is 1. The van der Waals surface area contributed by atoms with E-state index in [0.717, 1.165) is 19.3 Å². The topological polar surface area (TPSA) is 168 Å². The van der Waals surface area contributed by atoms with Gasteiger partial charge in [-0.2, -0.15) is 0 Å². The number of hydrogen-bond acceptors (Lipinski definition) is 8. The number of aryl methyl sites for hydroxylation is 1. The Bertz CT molecular complexity index is 1360. The summed E-state index contributed by atoms with van der Waals surface area (Å²) in [5.74, 6) is -2.43. The fourth-order valence-electron chi connectivity index (χ4n) is 6.12. The van der Waals surface area contributed by atoms with Crippen LogP contribution in [-0.2, 0) is 24.4 Å². The molecule has 2 saturated carbocycles. The molecular formula is C29H40N6O6S. The molecule has 3 heterocycles. The molecule has 4 aliphatic rings. The van der Waals surface area contributed by atoms with Crippen LogP contribution in [0.4, 0.5) is 0 Å². The maximum Gasteiger partial charge on any atom is 0.272 e. The van der Waals surface area contributed by atoms with Gasteiger partial charge in [-0.15, -0.1) is 0 Å². The molecule has 3 fully saturated rings. The van der Waals surface area contributed by atoms with Crippen LogP contribution >= 0.6 is 0 Å². The predicted octanol–water partition coefficient (Wildman–Crippen LogP) is 1.51. The van der Waals surface area contributed by atoms with Gasteiger partial charge in [0.1, 0.15) is 23.3 Å². The molecule has 1 aromatic rings. The Balaban J connectivity index is 1.40. The van der Waals surface area contributed by atoms with Crippen LogP contribution in [0.2, 0.25) is 0 Å². The lowest BCUT2D eigenvalue weighted by molar-refractivity contribution is -0.144. The van der Waals surface area contributed by atoms with Crippen molar-refractivity contribution in [1.29, 1.82) is 0 Å². The molecule has 2 aliphatic heterocycles. The Hall–Kier alpha value is -3.35. The summed E-state index contributed by atoms with van der Waals surface area (Å²) in [6, 6.07) is -1.72. The summed E-state index contributed by atoms with van der Waals surface area (Å²) in [5.41, 5.74) is -0.645. The highest BCUT2D eigenvalue weighted by atomic mass is 32.2. The monoisotopic (exact) mass is 600 g/mol. The van der Waals surface area contributed by atoms with Crippen LogP contribution in [0.15, 0.2) is 24.5 Å². The first-order valence-electron chi connectivity index (χ1n) is 14.9. The van der Waals surface area contributed by atoms with Crippen molar-refractivity contribution >= 4 is 33.7 Å². The zero-order chi connectivity index (χ0) is 30.1. The highest BCUT2D eigenvalue weighted by molar-refractivity contribution is 7.91. The van der Waals surface area contributed by atoms with Crippen molar-refractivity contribution in [3.8, 4) is 0 Å². The molecule has 5 rings (SSSR count). The summed E-state index contributed by atoms with van der Waals surface area (Å²) in [4.78, 5) is 64.1. The summed E-state index contributed by atoms with van der Waals surface area (Å²) in [7, 11) is -3.82. The summed E-state index contributed by atoms with van der Waals surface area (Å²) in [6.07, 6.45) is 12.6. The summed E-state index contributed by atoms with van der Waals surface area (Å²) in [6.45, 7) is 4.03. The second-order valence-electron chi connectivity index (χ2n) is 12.3. The summed E-state index contributed by atoms with van der Waals surface area (Å²) in [5, 5.41) is 5.16. The maximum absolute atomic E-state index is 13.9. The smallest absolute Gasteiger partial charge is 0.272 e. The predicted molar refractivity (Wildman–Crippen MR) is 153 cm³/mol. The van der Waals surface area contributed by atoms with Gasteiger partial charge in [0.05, 0.1) is 17.1 Å². The van der Waals surface area contributed by atoms with E-state index in [4.69, 9.17) is 0 Å². The van der Waals surface area contributed by atoms with Gasteiger partial charge < -0.3 is 15.5 Å². The second kappa shape index (κ2) is 12.1. The number of hydrogen-bond donors (Lipinski definition) is 3. The van der Waals surface area contributed by atoms with E-state index in [1.807, 2.05) is 19.1 Å². The number of rotatable bonds is 5.